The van der Waals surface area contributed by atoms with Crippen LogP contribution in [0.2, 0.25) is 5.02 Å². The number of aromatic nitrogens is 5. The molecule has 2 bridgehead atoms. The third-order valence-corrected chi connectivity index (χ3v) is 6.60. The Bertz CT molecular complexity index is 1210. The molecule has 2 aromatic heterocycles. The molecule has 3 atom stereocenters. The summed E-state index contributed by atoms with van der Waals surface area (Å²) >= 11 is 5.76. The SMILES string of the molecule is Cc1cc(N2C[C@H]3CC[C@@H](C2)[C@@H]3Nc2nc(Oc3ccc(F)c(Cl)c3)n(CC(F)(F)F)n2)ncn1. The monoisotopic (exact) mass is 511 g/mol. The highest BCUT2D eigenvalue weighted by Gasteiger charge is 2.43. The fourth-order valence-electron chi connectivity index (χ4n) is 4.79. The number of hydrogen-bond donors (Lipinski definition) is 1. The maximum atomic E-state index is 13.4. The summed E-state index contributed by atoms with van der Waals surface area (Å²) in [6, 6.07) is 5.07. The number of rotatable bonds is 6. The van der Waals surface area contributed by atoms with Crippen molar-refractivity contribution in [2.45, 2.75) is 38.5 Å². The Morgan fingerprint density at radius 3 is 2.54 bits per heavy atom. The topological polar surface area (TPSA) is 81.0 Å². The Balaban J connectivity index is 1.34. The molecule has 5 rings (SSSR count). The van der Waals surface area contributed by atoms with Crippen molar-refractivity contribution in [1.82, 2.24) is 24.7 Å². The number of piperidine rings is 1. The van der Waals surface area contributed by atoms with E-state index in [0.29, 0.717) is 4.68 Å². The number of halogens is 5. The van der Waals surface area contributed by atoms with Crippen molar-refractivity contribution in [2.75, 3.05) is 23.3 Å². The lowest BCUT2D eigenvalue weighted by atomic mass is 9.92. The highest BCUT2D eigenvalue weighted by molar-refractivity contribution is 6.30. The summed E-state index contributed by atoms with van der Waals surface area (Å²) < 4.78 is 59.1. The zero-order valence-corrected chi connectivity index (χ0v) is 19.4. The van der Waals surface area contributed by atoms with Crippen LogP contribution >= 0.6 is 11.6 Å². The lowest BCUT2D eigenvalue weighted by Crippen LogP contribution is -2.48. The number of anilines is 2. The van der Waals surface area contributed by atoms with Crippen LogP contribution in [0.25, 0.3) is 0 Å². The van der Waals surface area contributed by atoms with E-state index < -0.39 is 18.5 Å². The summed E-state index contributed by atoms with van der Waals surface area (Å²) in [5, 5.41) is 7.05. The Morgan fingerprint density at radius 2 is 1.89 bits per heavy atom. The van der Waals surface area contributed by atoms with Gasteiger partial charge >= 0.3 is 12.2 Å². The molecule has 1 aliphatic carbocycles. The first-order chi connectivity index (χ1) is 16.6. The maximum absolute atomic E-state index is 13.4. The van der Waals surface area contributed by atoms with Crippen LogP contribution < -0.4 is 15.0 Å². The van der Waals surface area contributed by atoms with E-state index in [2.05, 4.69) is 30.3 Å². The zero-order valence-electron chi connectivity index (χ0n) is 18.6. The van der Waals surface area contributed by atoms with Gasteiger partial charge in [0.05, 0.1) is 5.02 Å². The maximum Gasteiger partial charge on any atom is 0.408 e. The molecule has 0 spiro atoms. The van der Waals surface area contributed by atoms with Crippen LogP contribution in [0.3, 0.4) is 0 Å². The molecule has 3 heterocycles. The number of ether oxygens (including phenoxy) is 1. The van der Waals surface area contributed by atoms with Gasteiger partial charge in [-0.3, -0.25) is 0 Å². The van der Waals surface area contributed by atoms with Crippen molar-refractivity contribution in [3.63, 3.8) is 0 Å². The minimum atomic E-state index is -4.54. The second-order valence-electron chi connectivity index (χ2n) is 8.86. The summed E-state index contributed by atoms with van der Waals surface area (Å²) in [7, 11) is 0. The van der Waals surface area contributed by atoms with Crippen molar-refractivity contribution in [3.05, 3.63) is 47.1 Å². The summed E-state index contributed by atoms with van der Waals surface area (Å²) in [5.41, 5.74) is 0.886. The normalized spacial score (nSPS) is 21.9. The van der Waals surface area contributed by atoms with Gasteiger partial charge in [0.1, 0.15) is 30.3 Å². The number of aryl methyl sites for hydroxylation is 1. The van der Waals surface area contributed by atoms with Crippen molar-refractivity contribution < 1.29 is 22.3 Å². The fourth-order valence-corrected chi connectivity index (χ4v) is 4.96. The molecule has 2 fully saturated rings. The van der Waals surface area contributed by atoms with Crippen LogP contribution in [-0.4, -0.2) is 50.0 Å². The van der Waals surface area contributed by atoms with E-state index in [1.165, 1.54) is 12.1 Å². The molecule has 186 valence electrons. The predicted molar refractivity (Wildman–Crippen MR) is 120 cm³/mol. The van der Waals surface area contributed by atoms with Crippen LogP contribution in [0.4, 0.5) is 29.3 Å². The van der Waals surface area contributed by atoms with Crippen LogP contribution in [0.5, 0.6) is 11.8 Å². The van der Waals surface area contributed by atoms with Gasteiger partial charge in [-0.25, -0.2) is 19.0 Å². The average molecular weight is 512 g/mol. The molecular formula is C22H22ClF4N7O. The molecule has 13 heteroatoms. The third kappa shape index (κ3) is 5.26. The van der Waals surface area contributed by atoms with Crippen LogP contribution in [0.15, 0.2) is 30.6 Å². The Hall–Kier alpha value is -3.15. The molecule has 1 saturated heterocycles. The quantitative estimate of drug-likeness (QED) is 0.474. The van der Waals surface area contributed by atoms with E-state index in [9.17, 15) is 17.6 Å². The number of nitrogens with one attached hydrogen (secondary N) is 1. The van der Waals surface area contributed by atoms with E-state index >= 15 is 0 Å². The summed E-state index contributed by atoms with van der Waals surface area (Å²) in [4.78, 5) is 14.9. The highest BCUT2D eigenvalue weighted by Crippen LogP contribution is 2.40. The van der Waals surface area contributed by atoms with Gasteiger partial charge in [0, 0.05) is 37.0 Å². The molecule has 0 amide bonds. The van der Waals surface area contributed by atoms with Crippen molar-refractivity contribution in [1.29, 1.82) is 0 Å². The zero-order chi connectivity index (χ0) is 24.7. The van der Waals surface area contributed by atoms with Crippen LogP contribution in [0, 0.1) is 24.6 Å². The lowest BCUT2D eigenvalue weighted by molar-refractivity contribution is -0.143. The number of nitrogens with zero attached hydrogens (tertiary/aromatic N) is 6. The smallest absolute Gasteiger partial charge is 0.408 e. The van der Waals surface area contributed by atoms with Crippen molar-refractivity contribution >= 4 is 23.4 Å². The van der Waals surface area contributed by atoms with E-state index in [0.717, 1.165) is 43.5 Å². The molecule has 35 heavy (non-hydrogen) atoms. The number of alkyl halides is 3. The third-order valence-electron chi connectivity index (χ3n) is 6.31. The van der Waals surface area contributed by atoms with Crippen LogP contribution in [-0.2, 0) is 6.54 Å². The molecule has 0 radical (unpaired) electrons. The van der Waals surface area contributed by atoms with Gasteiger partial charge < -0.3 is 15.0 Å². The largest absolute Gasteiger partial charge is 0.424 e. The number of fused-ring (bicyclic) bond motifs is 2. The standard InChI is InChI=1S/C22H22ClF4N7O/c1-12-6-18(29-11-28-12)33-8-13-2-3-14(9-33)19(13)30-20-31-21(34(32-20)10-22(25,26)27)35-15-4-5-17(24)16(23)7-15/h4-7,11,13-14,19H,2-3,8-10H2,1H3,(H,30,32)/t13-,14+,19-. The van der Waals surface area contributed by atoms with E-state index in [4.69, 9.17) is 16.3 Å². The van der Waals surface area contributed by atoms with Gasteiger partial charge in [-0.15, -0.1) is 5.10 Å². The summed E-state index contributed by atoms with van der Waals surface area (Å²) in [5.74, 6) is 0.793. The molecule has 1 aliphatic heterocycles. The number of hydrogen-bond acceptors (Lipinski definition) is 7. The molecule has 1 aromatic carbocycles. The van der Waals surface area contributed by atoms with E-state index in [1.807, 2.05) is 13.0 Å². The molecule has 1 saturated carbocycles. The molecular weight excluding hydrogens is 490 g/mol. The minimum absolute atomic E-state index is 0.00374. The Labute approximate surface area is 203 Å². The van der Waals surface area contributed by atoms with Crippen LogP contribution in [0.1, 0.15) is 18.5 Å². The van der Waals surface area contributed by atoms with Crippen molar-refractivity contribution in [3.8, 4) is 11.8 Å². The molecule has 3 aromatic rings. The Kier molecular flexibility index (Phi) is 6.16. The van der Waals surface area contributed by atoms with Gasteiger partial charge in [-0.2, -0.15) is 18.2 Å². The first-order valence-electron chi connectivity index (χ1n) is 11.1. The highest BCUT2D eigenvalue weighted by atomic mass is 35.5. The predicted octanol–water partition coefficient (Wildman–Crippen LogP) is 4.85. The van der Waals surface area contributed by atoms with Crippen molar-refractivity contribution in [2.24, 2.45) is 11.8 Å². The first kappa shape index (κ1) is 23.6. The molecule has 1 N–H and O–H groups in total. The van der Waals surface area contributed by atoms with Gasteiger partial charge in [-0.1, -0.05) is 11.6 Å². The fraction of sp³-hybridized carbons (Fsp3) is 0.455. The van der Waals surface area contributed by atoms with E-state index in [1.54, 1.807) is 6.33 Å². The number of benzene rings is 1. The molecule has 8 nitrogen and oxygen atoms in total. The second-order valence-corrected chi connectivity index (χ2v) is 9.27. The van der Waals surface area contributed by atoms with E-state index in [-0.39, 0.29) is 40.6 Å². The van der Waals surface area contributed by atoms with Gasteiger partial charge in [0.25, 0.3) is 0 Å². The summed E-state index contributed by atoms with van der Waals surface area (Å²) in [6.45, 7) is 2.04. The van der Waals surface area contributed by atoms with Gasteiger partial charge in [0.15, 0.2) is 0 Å². The Morgan fingerprint density at radius 1 is 1.14 bits per heavy atom. The minimum Gasteiger partial charge on any atom is -0.424 e. The molecule has 0 unspecified atom stereocenters. The second kappa shape index (κ2) is 9.14. The average Bonchev–Trinajstić information content (AvgIpc) is 3.24. The summed E-state index contributed by atoms with van der Waals surface area (Å²) in [6.07, 6.45) is -1.04. The van der Waals surface area contributed by atoms with Gasteiger partial charge in [0.2, 0.25) is 5.95 Å². The first-order valence-corrected chi connectivity index (χ1v) is 11.5. The molecule has 2 aliphatic rings. The lowest BCUT2D eigenvalue weighted by Gasteiger charge is -2.38. The van der Waals surface area contributed by atoms with Gasteiger partial charge in [-0.05, 0) is 43.7 Å².